The van der Waals surface area contributed by atoms with Gasteiger partial charge in [-0.2, -0.15) is 4.98 Å². The Morgan fingerprint density at radius 2 is 2.00 bits per heavy atom. The Labute approximate surface area is 103 Å². The van der Waals surface area contributed by atoms with Crippen LogP contribution < -0.4 is 5.73 Å². The van der Waals surface area contributed by atoms with Crippen LogP contribution in [0.4, 0.5) is 0 Å². The van der Waals surface area contributed by atoms with E-state index in [4.69, 9.17) is 15.0 Å². The van der Waals surface area contributed by atoms with Gasteiger partial charge in [0.25, 0.3) is 0 Å². The van der Waals surface area contributed by atoms with E-state index in [1.807, 2.05) is 0 Å². The summed E-state index contributed by atoms with van der Waals surface area (Å²) in [7, 11) is 1.65. The van der Waals surface area contributed by atoms with Gasteiger partial charge in [0.15, 0.2) is 0 Å². The first-order chi connectivity index (χ1) is 8.01. The van der Waals surface area contributed by atoms with E-state index in [-0.39, 0.29) is 12.1 Å². The van der Waals surface area contributed by atoms with Gasteiger partial charge in [0, 0.05) is 7.11 Å². The third-order valence-corrected chi connectivity index (χ3v) is 3.11. The predicted octanol–water partition coefficient (Wildman–Crippen LogP) is 2.46. The molecule has 0 aromatic carbocycles. The lowest BCUT2D eigenvalue weighted by atomic mass is 10.0. The largest absolute Gasteiger partial charge is 0.373 e. The van der Waals surface area contributed by atoms with Gasteiger partial charge in [-0.3, -0.25) is 0 Å². The van der Waals surface area contributed by atoms with E-state index in [1.165, 1.54) is 0 Å². The minimum absolute atomic E-state index is 0.142. The molecule has 0 fully saturated rings. The van der Waals surface area contributed by atoms with Crippen molar-refractivity contribution in [3.8, 4) is 0 Å². The fourth-order valence-electron chi connectivity index (χ4n) is 1.67. The van der Waals surface area contributed by atoms with E-state index in [0.29, 0.717) is 23.6 Å². The summed E-state index contributed by atoms with van der Waals surface area (Å²) in [6.45, 7) is 8.27. The number of nitrogens with zero attached hydrogens (tertiary/aromatic N) is 2. The summed E-state index contributed by atoms with van der Waals surface area (Å²) in [6, 6.07) is -0.203. The Kier molecular flexibility index (Phi) is 5.08. The zero-order valence-electron chi connectivity index (χ0n) is 11.3. The van der Waals surface area contributed by atoms with Crippen molar-refractivity contribution >= 4 is 0 Å². The lowest BCUT2D eigenvalue weighted by Crippen LogP contribution is -2.19. The molecule has 1 heterocycles. The third-order valence-electron chi connectivity index (χ3n) is 3.11. The van der Waals surface area contributed by atoms with E-state index in [2.05, 4.69) is 37.8 Å². The molecule has 1 aromatic heterocycles. The zero-order valence-corrected chi connectivity index (χ0v) is 11.3. The molecule has 0 aliphatic rings. The molecule has 98 valence electrons. The van der Waals surface area contributed by atoms with E-state index in [0.717, 1.165) is 6.42 Å². The summed E-state index contributed by atoms with van der Waals surface area (Å²) >= 11 is 0. The van der Waals surface area contributed by atoms with E-state index in [1.54, 1.807) is 7.11 Å². The molecular formula is C12H23N3O2. The van der Waals surface area contributed by atoms with Crippen molar-refractivity contribution in [3.05, 3.63) is 11.7 Å². The third kappa shape index (κ3) is 3.26. The Bertz CT molecular complexity index is 338. The van der Waals surface area contributed by atoms with Gasteiger partial charge in [0.05, 0.1) is 6.04 Å². The molecule has 17 heavy (non-hydrogen) atoms. The first kappa shape index (κ1) is 14.1. The summed E-state index contributed by atoms with van der Waals surface area (Å²) in [5.41, 5.74) is 6.04. The first-order valence-electron chi connectivity index (χ1n) is 6.13. The fraction of sp³-hybridized carbons (Fsp3) is 0.833. The second kappa shape index (κ2) is 6.12. The SMILES string of the molecule is CCC(C)[C@H](N)c1nc(C(OC)C(C)C)no1. The summed E-state index contributed by atoms with van der Waals surface area (Å²) in [4.78, 5) is 4.34. The Morgan fingerprint density at radius 1 is 1.35 bits per heavy atom. The minimum atomic E-state index is -0.203. The maximum absolute atomic E-state index is 6.04. The van der Waals surface area contributed by atoms with Crippen LogP contribution in [0.15, 0.2) is 4.52 Å². The van der Waals surface area contributed by atoms with Gasteiger partial charge in [0.1, 0.15) is 6.10 Å². The maximum Gasteiger partial charge on any atom is 0.243 e. The topological polar surface area (TPSA) is 74.2 Å². The highest BCUT2D eigenvalue weighted by atomic mass is 16.5. The van der Waals surface area contributed by atoms with E-state index < -0.39 is 0 Å². The summed E-state index contributed by atoms with van der Waals surface area (Å²) in [5.74, 6) is 1.70. The number of rotatable bonds is 6. The Hall–Kier alpha value is -0.940. The van der Waals surface area contributed by atoms with Gasteiger partial charge in [-0.1, -0.05) is 39.3 Å². The second-order valence-electron chi connectivity index (χ2n) is 4.80. The summed E-state index contributed by atoms with van der Waals surface area (Å²) in [5, 5.41) is 3.96. The highest BCUT2D eigenvalue weighted by molar-refractivity contribution is 4.97. The average Bonchev–Trinajstić information content (AvgIpc) is 2.76. The molecule has 5 heteroatoms. The van der Waals surface area contributed by atoms with Crippen LogP contribution in [0.3, 0.4) is 0 Å². The maximum atomic E-state index is 6.04. The fourth-order valence-corrected chi connectivity index (χ4v) is 1.67. The minimum Gasteiger partial charge on any atom is -0.373 e. The molecule has 0 amide bonds. The molecule has 3 atom stereocenters. The van der Waals surface area contributed by atoms with Crippen molar-refractivity contribution in [3.63, 3.8) is 0 Å². The molecule has 0 aliphatic carbocycles. The van der Waals surface area contributed by atoms with Gasteiger partial charge in [-0.25, -0.2) is 0 Å². The second-order valence-corrected chi connectivity index (χ2v) is 4.80. The van der Waals surface area contributed by atoms with Crippen LogP contribution >= 0.6 is 0 Å². The average molecular weight is 241 g/mol. The van der Waals surface area contributed by atoms with Gasteiger partial charge in [0.2, 0.25) is 11.7 Å². The molecule has 0 bridgehead atoms. The molecule has 0 spiro atoms. The molecule has 0 radical (unpaired) electrons. The summed E-state index contributed by atoms with van der Waals surface area (Å²) < 4.78 is 10.6. The Balaban J connectivity index is 2.83. The predicted molar refractivity (Wildman–Crippen MR) is 65.3 cm³/mol. The van der Waals surface area contributed by atoms with Gasteiger partial charge < -0.3 is 15.0 Å². The molecule has 2 N–H and O–H groups in total. The number of methoxy groups -OCH3 is 1. The van der Waals surface area contributed by atoms with Crippen LogP contribution in [0.2, 0.25) is 0 Å². The van der Waals surface area contributed by atoms with E-state index >= 15 is 0 Å². The number of hydrogen-bond acceptors (Lipinski definition) is 5. The highest BCUT2D eigenvalue weighted by Crippen LogP contribution is 2.25. The quantitative estimate of drug-likeness (QED) is 0.828. The van der Waals surface area contributed by atoms with E-state index in [9.17, 15) is 0 Å². The highest BCUT2D eigenvalue weighted by Gasteiger charge is 2.25. The molecule has 1 aromatic rings. The van der Waals surface area contributed by atoms with Crippen molar-refractivity contribution in [1.82, 2.24) is 10.1 Å². The Morgan fingerprint density at radius 3 is 2.47 bits per heavy atom. The van der Waals surface area contributed by atoms with Crippen LogP contribution in [0.1, 0.15) is 58.0 Å². The number of nitrogens with two attached hydrogens (primary N) is 1. The van der Waals surface area contributed by atoms with Gasteiger partial charge >= 0.3 is 0 Å². The van der Waals surface area contributed by atoms with Crippen LogP contribution in [0.5, 0.6) is 0 Å². The molecule has 0 saturated heterocycles. The molecular weight excluding hydrogens is 218 g/mol. The molecule has 0 saturated carbocycles. The zero-order chi connectivity index (χ0) is 13.0. The monoisotopic (exact) mass is 241 g/mol. The van der Waals surface area contributed by atoms with Crippen LogP contribution in [0, 0.1) is 11.8 Å². The smallest absolute Gasteiger partial charge is 0.243 e. The summed E-state index contributed by atoms with van der Waals surface area (Å²) in [6.07, 6.45) is 0.841. The molecule has 1 rings (SSSR count). The molecule has 5 nitrogen and oxygen atoms in total. The van der Waals surface area contributed by atoms with Crippen LogP contribution in [0.25, 0.3) is 0 Å². The standard InChI is InChI=1S/C12H23N3O2/c1-6-8(4)9(13)12-14-11(15-17-12)10(16-5)7(2)3/h7-10H,6,13H2,1-5H3/t8?,9-,10?/m0/s1. The van der Waals surface area contributed by atoms with Crippen molar-refractivity contribution in [1.29, 1.82) is 0 Å². The molecule has 0 aliphatic heterocycles. The van der Waals surface area contributed by atoms with Crippen molar-refractivity contribution in [2.24, 2.45) is 17.6 Å². The van der Waals surface area contributed by atoms with Crippen LogP contribution in [-0.4, -0.2) is 17.3 Å². The van der Waals surface area contributed by atoms with Gasteiger partial charge in [-0.05, 0) is 11.8 Å². The first-order valence-corrected chi connectivity index (χ1v) is 6.13. The van der Waals surface area contributed by atoms with Gasteiger partial charge in [-0.15, -0.1) is 0 Å². The molecule has 2 unspecified atom stereocenters. The lowest BCUT2D eigenvalue weighted by molar-refractivity contribution is 0.0555. The number of aromatic nitrogens is 2. The number of hydrogen-bond donors (Lipinski definition) is 1. The van der Waals surface area contributed by atoms with Crippen molar-refractivity contribution < 1.29 is 9.26 Å². The van der Waals surface area contributed by atoms with Crippen molar-refractivity contribution in [2.75, 3.05) is 7.11 Å². The number of ether oxygens (including phenoxy) is 1. The van der Waals surface area contributed by atoms with Crippen LogP contribution in [-0.2, 0) is 4.74 Å². The normalized spacial score (nSPS) is 17.1. The van der Waals surface area contributed by atoms with Crippen molar-refractivity contribution in [2.45, 2.75) is 46.3 Å². The lowest BCUT2D eigenvalue weighted by Gasteiger charge is -2.15.